The van der Waals surface area contributed by atoms with E-state index in [1.165, 1.54) is 5.56 Å². The first kappa shape index (κ1) is 24.5. The van der Waals surface area contributed by atoms with Crippen LogP contribution in [-0.4, -0.2) is 17.5 Å². The van der Waals surface area contributed by atoms with Gasteiger partial charge in [-0.05, 0) is 56.0 Å². The smallest absolute Gasteiger partial charge is 0.343 e. The number of hydrogen-bond donors (Lipinski definition) is 0. The zero-order valence-corrected chi connectivity index (χ0v) is 19.0. The van der Waals surface area contributed by atoms with Crippen LogP contribution in [0.4, 0.5) is 0 Å². The van der Waals surface area contributed by atoms with Crippen LogP contribution in [0.3, 0.4) is 0 Å². The van der Waals surface area contributed by atoms with Crippen LogP contribution in [-0.2, 0) is 16.0 Å². The van der Waals surface area contributed by atoms with Crippen molar-refractivity contribution in [2.45, 2.75) is 72.1 Å². The first-order valence-corrected chi connectivity index (χ1v) is 11.4. The van der Waals surface area contributed by atoms with Gasteiger partial charge < -0.3 is 4.74 Å². The number of carbonyl (C=O) groups excluding carboxylic acids is 3. The van der Waals surface area contributed by atoms with Gasteiger partial charge in [0.25, 0.3) is 0 Å². The van der Waals surface area contributed by atoms with Gasteiger partial charge in [-0.2, -0.15) is 0 Å². The number of esters is 1. The zero-order chi connectivity index (χ0) is 22.6. The molecular formula is C27H34O4. The lowest BCUT2D eigenvalue weighted by Crippen LogP contribution is -2.22. The molecule has 2 aromatic carbocycles. The normalized spacial score (nSPS) is 10.8. The summed E-state index contributed by atoms with van der Waals surface area (Å²) in [6, 6.07) is 15.0. The summed E-state index contributed by atoms with van der Waals surface area (Å²) in [6.45, 7) is 5.64. The number of hydrogen-bond acceptors (Lipinski definition) is 4. The molecule has 0 N–H and O–H groups in total. The van der Waals surface area contributed by atoms with Crippen molar-refractivity contribution < 1.29 is 19.1 Å². The Labute approximate surface area is 186 Å². The molecule has 2 aromatic rings. The Bertz CT molecular complexity index is 834. The van der Waals surface area contributed by atoms with Gasteiger partial charge in [0.15, 0.2) is 0 Å². The topological polar surface area (TPSA) is 60.4 Å². The molecule has 0 saturated heterocycles. The minimum Gasteiger partial charge on any atom is -0.423 e. The maximum Gasteiger partial charge on any atom is 0.343 e. The summed E-state index contributed by atoms with van der Waals surface area (Å²) in [4.78, 5) is 36.2. The molecule has 0 radical (unpaired) electrons. The summed E-state index contributed by atoms with van der Waals surface area (Å²) in [6.07, 6.45) is 6.52. The molecule has 0 aromatic heterocycles. The quantitative estimate of drug-likeness (QED) is 0.165. The molecule has 0 aliphatic carbocycles. The van der Waals surface area contributed by atoms with E-state index in [-0.39, 0.29) is 17.5 Å². The van der Waals surface area contributed by atoms with Gasteiger partial charge in [-0.15, -0.1) is 0 Å². The highest BCUT2D eigenvalue weighted by molar-refractivity contribution is 6.02. The Morgan fingerprint density at radius 1 is 0.774 bits per heavy atom. The third-order valence-electron chi connectivity index (χ3n) is 5.60. The van der Waals surface area contributed by atoms with Crippen LogP contribution in [0.5, 0.6) is 5.75 Å². The third-order valence-corrected chi connectivity index (χ3v) is 5.60. The van der Waals surface area contributed by atoms with Crippen LogP contribution in [0.25, 0.3) is 0 Å². The lowest BCUT2D eigenvalue weighted by molar-refractivity contribution is -0.132. The number of ether oxygens (including phenoxy) is 1. The summed E-state index contributed by atoms with van der Waals surface area (Å²) < 4.78 is 5.40. The summed E-state index contributed by atoms with van der Waals surface area (Å²) in [5.74, 6) is -0.0562. The minimum absolute atomic E-state index is 0.0767. The Hall–Kier alpha value is -2.75. The highest BCUT2D eigenvalue weighted by atomic mass is 16.5. The van der Waals surface area contributed by atoms with Gasteiger partial charge in [0.1, 0.15) is 17.3 Å². The molecule has 0 heterocycles. The summed E-state index contributed by atoms with van der Waals surface area (Å²) in [5.41, 5.74) is 2.84. The lowest BCUT2D eigenvalue weighted by atomic mass is 9.90. The average Bonchev–Trinajstić information content (AvgIpc) is 2.79. The van der Waals surface area contributed by atoms with E-state index in [1.807, 2.05) is 57.2 Å². The SMILES string of the molecule is CCC(=O)C(CCCCCCc1ccc(C(=O)Oc2ccc(C)cc2)cc1)C(=O)CC. The van der Waals surface area contributed by atoms with E-state index < -0.39 is 5.92 Å². The molecule has 0 unspecified atom stereocenters. The highest BCUT2D eigenvalue weighted by Crippen LogP contribution is 2.18. The Balaban J connectivity index is 1.71. The van der Waals surface area contributed by atoms with Gasteiger partial charge in [-0.3, -0.25) is 9.59 Å². The molecule has 2 rings (SSSR count). The van der Waals surface area contributed by atoms with Crippen LogP contribution in [0.15, 0.2) is 48.5 Å². The maximum absolute atomic E-state index is 12.3. The zero-order valence-electron chi connectivity index (χ0n) is 19.0. The fourth-order valence-corrected chi connectivity index (χ4v) is 3.61. The van der Waals surface area contributed by atoms with E-state index in [0.717, 1.165) is 37.7 Å². The van der Waals surface area contributed by atoms with Crippen molar-refractivity contribution in [1.82, 2.24) is 0 Å². The van der Waals surface area contributed by atoms with Crippen molar-refractivity contribution in [3.8, 4) is 5.75 Å². The average molecular weight is 423 g/mol. The standard InChI is InChI=1S/C27H34O4/c1-4-25(28)24(26(29)5-2)11-9-7-6-8-10-21-14-16-22(17-15-21)27(30)31-23-18-12-20(3)13-19-23/h12-19,24H,4-11H2,1-3H3. The molecule has 0 spiro atoms. The predicted octanol–water partition coefficient (Wildman–Crippen LogP) is 6.28. The molecule has 4 heteroatoms. The molecular weight excluding hydrogens is 388 g/mol. The monoisotopic (exact) mass is 422 g/mol. The van der Waals surface area contributed by atoms with Gasteiger partial charge in [0.2, 0.25) is 0 Å². The van der Waals surface area contributed by atoms with E-state index in [4.69, 9.17) is 4.74 Å². The largest absolute Gasteiger partial charge is 0.423 e. The van der Waals surface area contributed by atoms with Crippen molar-refractivity contribution in [2.75, 3.05) is 0 Å². The Kier molecular flexibility index (Phi) is 10.2. The van der Waals surface area contributed by atoms with Crippen molar-refractivity contribution in [1.29, 1.82) is 0 Å². The molecule has 0 fully saturated rings. The molecule has 0 amide bonds. The maximum atomic E-state index is 12.3. The molecule has 0 saturated carbocycles. The van der Waals surface area contributed by atoms with Crippen LogP contribution in [0.2, 0.25) is 0 Å². The Morgan fingerprint density at radius 3 is 1.94 bits per heavy atom. The summed E-state index contributed by atoms with van der Waals surface area (Å²) >= 11 is 0. The van der Waals surface area contributed by atoms with E-state index in [1.54, 1.807) is 12.1 Å². The summed E-state index contributed by atoms with van der Waals surface area (Å²) in [5, 5.41) is 0. The van der Waals surface area contributed by atoms with Gasteiger partial charge >= 0.3 is 5.97 Å². The van der Waals surface area contributed by atoms with Gasteiger partial charge in [0, 0.05) is 12.8 Å². The number of rotatable bonds is 13. The van der Waals surface area contributed by atoms with Gasteiger partial charge in [-0.25, -0.2) is 4.79 Å². The van der Waals surface area contributed by atoms with Crippen molar-refractivity contribution >= 4 is 17.5 Å². The highest BCUT2D eigenvalue weighted by Gasteiger charge is 2.22. The van der Waals surface area contributed by atoms with Crippen molar-refractivity contribution in [3.63, 3.8) is 0 Å². The Morgan fingerprint density at radius 2 is 1.35 bits per heavy atom. The van der Waals surface area contributed by atoms with Crippen molar-refractivity contribution in [2.24, 2.45) is 5.92 Å². The fourth-order valence-electron chi connectivity index (χ4n) is 3.61. The van der Waals surface area contributed by atoms with E-state index in [0.29, 0.717) is 30.6 Å². The summed E-state index contributed by atoms with van der Waals surface area (Å²) in [7, 11) is 0. The van der Waals surface area contributed by atoms with Gasteiger partial charge in [0.05, 0.1) is 11.5 Å². The number of benzene rings is 2. The minimum atomic E-state index is -0.401. The third kappa shape index (κ3) is 8.12. The number of unbranched alkanes of at least 4 members (excludes halogenated alkanes) is 3. The first-order valence-electron chi connectivity index (χ1n) is 11.4. The van der Waals surface area contributed by atoms with Crippen LogP contribution >= 0.6 is 0 Å². The first-order chi connectivity index (χ1) is 14.9. The van der Waals surface area contributed by atoms with Crippen LogP contribution < -0.4 is 4.74 Å². The fraction of sp³-hybridized carbons (Fsp3) is 0.444. The van der Waals surface area contributed by atoms with E-state index in [2.05, 4.69) is 0 Å². The predicted molar refractivity (Wildman–Crippen MR) is 123 cm³/mol. The second-order valence-corrected chi connectivity index (χ2v) is 8.04. The number of carbonyl (C=O) groups is 3. The molecule has 0 aliphatic rings. The number of ketones is 2. The van der Waals surface area contributed by atoms with E-state index in [9.17, 15) is 14.4 Å². The van der Waals surface area contributed by atoms with Crippen LogP contribution in [0, 0.1) is 12.8 Å². The second-order valence-electron chi connectivity index (χ2n) is 8.04. The molecule has 0 bridgehead atoms. The van der Waals surface area contributed by atoms with Crippen molar-refractivity contribution in [3.05, 3.63) is 65.2 Å². The molecule has 166 valence electrons. The molecule has 31 heavy (non-hydrogen) atoms. The lowest BCUT2D eigenvalue weighted by Gasteiger charge is -2.12. The second kappa shape index (κ2) is 12.8. The van der Waals surface area contributed by atoms with E-state index >= 15 is 0 Å². The number of Topliss-reactive ketones (excluding diaryl/α,β-unsaturated/α-hetero) is 2. The molecule has 4 nitrogen and oxygen atoms in total. The molecule has 0 aliphatic heterocycles. The van der Waals surface area contributed by atoms with Crippen LogP contribution in [0.1, 0.15) is 80.3 Å². The number of aryl methyl sites for hydroxylation is 2. The molecule has 0 atom stereocenters. The van der Waals surface area contributed by atoms with Gasteiger partial charge in [-0.1, -0.05) is 62.9 Å².